The molecule has 1 atom stereocenters. The monoisotopic (exact) mass is 287 g/mol. The first-order valence-corrected chi connectivity index (χ1v) is 7.53. The SMILES string of the molecule is O=C(CNC(=O)C1CC12CCNCC2)Nc1ccccc1. The standard InChI is InChI=1S/C16H21N3O2/c20-14(19-12-4-2-1-3-5-12)11-18-15(21)13-10-16(13)6-8-17-9-7-16/h1-5,13,17H,6-11H2,(H,18,21)(H,19,20). The van der Waals surface area contributed by atoms with Crippen LogP contribution in [-0.2, 0) is 9.59 Å². The van der Waals surface area contributed by atoms with Crippen molar-refractivity contribution in [2.45, 2.75) is 19.3 Å². The zero-order valence-electron chi connectivity index (χ0n) is 12.0. The first kappa shape index (κ1) is 14.1. The van der Waals surface area contributed by atoms with E-state index in [0.29, 0.717) is 0 Å². The highest BCUT2D eigenvalue weighted by Crippen LogP contribution is 2.58. The molecule has 5 nitrogen and oxygen atoms in total. The zero-order valence-corrected chi connectivity index (χ0v) is 12.0. The Balaban J connectivity index is 1.43. The molecule has 2 amide bonds. The Labute approximate surface area is 124 Å². The van der Waals surface area contributed by atoms with Crippen molar-refractivity contribution < 1.29 is 9.59 Å². The van der Waals surface area contributed by atoms with Gasteiger partial charge in [-0.05, 0) is 49.9 Å². The Hall–Kier alpha value is -1.88. The van der Waals surface area contributed by atoms with E-state index in [0.717, 1.165) is 38.0 Å². The molecule has 1 aromatic rings. The van der Waals surface area contributed by atoms with Crippen molar-refractivity contribution in [1.82, 2.24) is 10.6 Å². The number of hydrogen-bond acceptors (Lipinski definition) is 3. The number of carbonyl (C=O) groups is 2. The minimum atomic E-state index is -0.186. The van der Waals surface area contributed by atoms with Gasteiger partial charge in [0.15, 0.2) is 0 Å². The van der Waals surface area contributed by atoms with Gasteiger partial charge in [0.2, 0.25) is 11.8 Å². The van der Waals surface area contributed by atoms with Gasteiger partial charge in [-0.25, -0.2) is 0 Å². The number of carbonyl (C=O) groups excluding carboxylic acids is 2. The molecule has 1 aliphatic heterocycles. The van der Waals surface area contributed by atoms with Crippen molar-refractivity contribution in [3.8, 4) is 0 Å². The first-order valence-electron chi connectivity index (χ1n) is 7.53. The van der Waals surface area contributed by atoms with E-state index in [1.807, 2.05) is 30.3 Å². The van der Waals surface area contributed by atoms with Crippen LogP contribution < -0.4 is 16.0 Å². The molecule has 21 heavy (non-hydrogen) atoms. The van der Waals surface area contributed by atoms with Gasteiger partial charge in [-0.1, -0.05) is 18.2 Å². The third-order valence-corrected chi connectivity index (χ3v) is 4.59. The summed E-state index contributed by atoms with van der Waals surface area (Å²) >= 11 is 0. The van der Waals surface area contributed by atoms with Crippen LogP contribution in [0, 0.1) is 11.3 Å². The van der Waals surface area contributed by atoms with Crippen molar-refractivity contribution in [2.75, 3.05) is 25.0 Å². The Morgan fingerprint density at radius 3 is 2.62 bits per heavy atom. The lowest BCUT2D eigenvalue weighted by Gasteiger charge is -2.23. The molecule has 1 aromatic carbocycles. The van der Waals surface area contributed by atoms with Crippen molar-refractivity contribution in [3.63, 3.8) is 0 Å². The molecule has 1 spiro atoms. The quantitative estimate of drug-likeness (QED) is 0.777. The predicted molar refractivity (Wildman–Crippen MR) is 80.7 cm³/mol. The number of anilines is 1. The van der Waals surface area contributed by atoms with E-state index >= 15 is 0 Å². The van der Waals surface area contributed by atoms with Gasteiger partial charge >= 0.3 is 0 Å². The van der Waals surface area contributed by atoms with Gasteiger partial charge in [0.25, 0.3) is 0 Å². The molecule has 0 bridgehead atoms. The smallest absolute Gasteiger partial charge is 0.243 e. The molecule has 1 aliphatic carbocycles. The summed E-state index contributed by atoms with van der Waals surface area (Å²) in [6, 6.07) is 9.26. The van der Waals surface area contributed by atoms with Crippen LogP contribution in [0.3, 0.4) is 0 Å². The second-order valence-electron chi connectivity index (χ2n) is 6.00. The highest BCUT2D eigenvalue weighted by Gasteiger charge is 2.57. The fourth-order valence-corrected chi connectivity index (χ4v) is 3.21. The molecule has 1 saturated heterocycles. The van der Waals surface area contributed by atoms with E-state index in [1.165, 1.54) is 0 Å². The number of para-hydroxylation sites is 1. The Morgan fingerprint density at radius 1 is 1.19 bits per heavy atom. The highest BCUT2D eigenvalue weighted by atomic mass is 16.2. The van der Waals surface area contributed by atoms with Crippen LogP contribution in [-0.4, -0.2) is 31.4 Å². The molecule has 3 rings (SSSR count). The Bertz CT molecular complexity index is 524. The van der Waals surface area contributed by atoms with Crippen LogP contribution >= 0.6 is 0 Å². The number of benzene rings is 1. The second kappa shape index (κ2) is 5.85. The lowest BCUT2D eigenvalue weighted by molar-refractivity contribution is -0.125. The van der Waals surface area contributed by atoms with E-state index in [1.54, 1.807) is 0 Å². The van der Waals surface area contributed by atoms with Gasteiger partial charge in [0, 0.05) is 11.6 Å². The van der Waals surface area contributed by atoms with E-state index in [-0.39, 0.29) is 29.7 Å². The zero-order chi connectivity index (χ0) is 14.7. The molecule has 2 fully saturated rings. The number of rotatable bonds is 4. The molecule has 0 aromatic heterocycles. The van der Waals surface area contributed by atoms with E-state index in [4.69, 9.17) is 0 Å². The molecule has 1 unspecified atom stereocenters. The normalized spacial score (nSPS) is 22.6. The molecular weight excluding hydrogens is 266 g/mol. The highest BCUT2D eigenvalue weighted by molar-refractivity contribution is 5.95. The van der Waals surface area contributed by atoms with Crippen LogP contribution in [0.2, 0.25) is 0 Å². The summed E-state index contributed by atoms with van der Waals surface area (Å²) in [5.74, 6) is -0.0567. The fraction of sp³-hybridized carbons (Fsp3) is 0.500. The number of nitrogens with one attached hydrogen (secondary N) is 3. The first-order chi connectivity index (χ1) is 10.2. The largest absolute Gasteiger partial charge is 0.347 e. The summed E-state index contributed by atoms with van der Waals surface area (Å²) in [5.41, 5.74) is 0.962. The van der Waals surface area contributed by atoms with Crippen molar-refractivity contribution in [3.05, 3.63) is 30.3 Å². The summed E-state index contributed by atoms with van der Waals surface area (Å²) in [5, 5.41) is 8.85. The van der Waals surface area contributed by atoms with Crippen LogP contribution in [0.4, 0.5) is 5.69 Å². The third-order valence-electron chi connectivity index (χ3n) is 4.59. The van der Waals surface area contributed by atoms with Crippen molar-refractivity contribution in [2.24, 2.45) is 11.3 Å². The molecule has 1 saturated carbocycles. The molecular formula is C16H21N3O2. The molecule has 3 N–H and O–H groups in total. The van der Waals surface area contributed by atoms with Crippen LogP contribution in [0.5, 0.6) is 0 Å². The Morgan fingerprint density at radius 2 is 1.90 bits per heavy atom. The molecule has 2 aliphatic rings. The summed E-state index contributed by atoms with van der Waals surface area (Å²) in [4.78, 5) is 23.9. The maximum Gasteiger partial charge on any atom is 0.243 e. The number of hydrogen-bond donors (Lipinski definition) is 3. The molecule has 112 valence electrons. The van der Waals surface area contributed by atoms with Crippen molar-refractivity contribution >= 4 is 17.5 Å². The average Bonchev–Trinajstić information content (AvgIpc) is 3.20. The Kier molecular flexibility index (Phi) is 3.92. The number of piperidine rings is 1. The second-order valence-corrected chi connectivity index (χ2v) is 6.00. The van der Waals surface area contributed by atoms with Gasteiger partial charge in [0.05, 0.1) is 6.54 Å². The predicted octanol–water partition coefficient (Wildman–Crippen LogP) is 1.13. The van der Waals surface area contributed by atoms with Crippen LogP contribution in [0.25, 0.3) is 0 Å². The lowest BCUT2D eigenvalue weighted by Crippen LogP contribution is -2.37. The maximum atomic E-state index is 12.1. The van der Waals surface area contributed by atoms with Gasteiger partial charge in [-0.3, -0.25) is 9.59 Å². The number of amides is 2. The summed E-state index contributed by atoms with van der Waals surface area (Å²) in [6.07, 6.45) is 3.11. The third kappa shape index (κ3) is 3.24. The van der Waals surface area contributed by atoms with Crippen molar-refractivity contribution in [1.29, 1.82) is 0 Å². The maximum absolute atomic E-state index is 12.1. The lowest BCUT2D eigenvalue weighted by atomic mass is 9.92. The van der Waals surface area contributed by atoms with Gasteiger partial charge in [0.1, 0.15) is 0 Å². The average molecular weight is 287 g/mol. The van der Waals surface area contributed by atoms with Crippen LogP contribution in [0.1, 0.15) is 19.3 Å². The van der Waals surface area contributed by atoms with E-state index in [9.17, 15) is 9.59 Å². The minimum absolute atomic E-state index is 0.0279. The summed E-state index contributed by atoms with van der Waals surface area (Å²) < 4.78 is 0. The topological polar surface area (TPSA) is 70.2 Å². The molecule has 0 radical (unpaired) electrons. The molecule has 5 heteroatoms. The van der Waals surface area contributed by atoms with Gasteiger partial charge in [-0.15, -0.1) is 0 Å². The summed E-state index contributed by atoms with van der Waals surface area (Å²) in [6.45, 7) is 2.04. The van der Waals surface area contributed by atoms with E-state index < -0.39 is 0 Å². The van der Waals surface area contributed by atoms with Gasteiger partial charge in [-0.2, -0.15) is 0 Å². The van der Waals surface area contributed by atoms with Gasteiger partial charge < -0.3 is 16.0 Å². The van der Waals surface area contributed by atoms with Crippen LogP contribution in [0.15, 0.2) is 30.3 Å². The summed E-state index contributed by atoms with van der Waals surface area (Å²) in [7, 11) is 0. The molecule has 1 heterocycles. The van der Waals surface area contributed by atoms with E-state index in [2.05, 4.69) is 16.0 Å². The fourth-order valence-electron chi connectivity index (χ4n) is 3.21. The minimum Gasteiger partial charge on any atom is -0.347 e.